The van der Waals surface area contributed by atoms with E-state index in [0.717, 1.165) is 12.8 Å². The Morgan fingerprint density at radius 1 is 1.39 bits per heavy atom. The molecule has 1 fully saturated rings. The van der Waals surface area contributed by atoms with Gasteiger partial charge in [0.25, 0.3) is 0 Å². The second kappa shape index (κ2) is 5.26. The largest absolute Gasteiger partial charge is 0.489 e. The highest BCUT2D eigenvalue weighted by Crippen LogP contribution is 2.29. The van der Waals surface area contributed by atoms with E-state index in [9.17, 15) is 8.42 Å². The van der Waals surface area contributed by atoms with E-state index in [-0.39, 0.29) is 17.0 Å². The maximum atomic E-state index is 12.0. The summed E-state index contributed by atoms with van der Waals surface area (Å²) in [6.45, 7) is 2.09. The number of nitrogens with two attached hydrogens (primary N) is 1. The standard InChI is InChI=1S/C12H18N2O3S/c1-2-14-18(15,16)12-6-4-3-5-11(12)17-10-7-9(13)8-10/h3-6,9-10,14H,2,7-8,13H2,1H3. The van der Waals surface area contributed by atoms with Crippen LogP contribution >= 0.6 is 0 Å². The molecule has 18 heavy (non-hydrogen) atoms. The Bertz CT molecular complexity index is 510. The van der Waals surface area contributed by atoms with Gasteiger partial charge in [-0.25, -0.2) is 13.1 Å². The van der Waals surface area contributed by atoms with E-state index in [2.05, 4.69) is 4.72 Å². The smallest absolute Gasteiger partial charge is 0.244 e. The first-order valence-corrected chi connectivity index (χ1v) is 7.52. The number of hydrogen-bond donors (Lipinski definition) is 2. The molecular weight excluding hydrogens is 252 g/mol. The molecule has 0 atom stereocenters. The van der Waals surface area contributed by atoms with E-state index in [0.29, 0.717) is 12.3 Å². The van der Waals surface area contributed by atoms with Gasteiger partial charge in [0, 0.05) is 12.6 Å². The third-order valence-electron chi connectivity index (χ3n) is 2.90. The molecule has 0 radical (unpaired) electrons. The van der Waals surface area contributed by atoms with Gasteiger partial charge < -0.3 is 10.5 Å². The molecule has 6 heteroatoms. The van der Waals surface area contributed by atoms with Crippen LogP contribution in [-0.2, 0) is 10.0 Å². The normalized spacial score (nSPS) is 23.4. The van der Waals surface area contributed by atoms with Gasteiger partial charge in [-0.3, -0.25) is 0 Å². The van der Waals surface area contributed by atoms with Crippen LogP contribution in [0.1, 0.15) is 19.8 Å². The zero-order valence-electron chi connectivity index (χ0n) is 10.3. The summed E-state index contributed by atoms with van der Waals surface area (Å²) in [4.78, 5) is 0.187. The topological polar surface area (TPSA) is 81.4 Å². The van der Waals surface area contributed by atoms with Crippen molar-refractivity contribution in [3.8, 4) is 5.75 Å². The van der Waals surface area contributed by atoms with Gasteiger partial charge in [0.15, 0.2) is 0 Å². The van der Waals surface area contributed by atoms with Gasteiger partial charge in [-0.05, 0) is 25.0 Å². The SMILES string of the molecule is CCNS(=O)(=O)c1ccccc1OC1CC(N)C1. The monoisotopic (exact) mass is 270 g/mol. The first-order chi connectivity index (χ1) is 8.53. The van der Waals surface area contributed by atoms with E-state index in [4.69, 9.17) is 10.5 Å². The van der Waals surface area contributed by atoms with Crippen LogP contribution in [0, 0.1) is 0 Å². The molecule has 0 aliphatic heterocycles. The molecule has 1 aromatic carbocycles. The van der Waals surface area contributed by atoms with Crippen LogP contribution in [0.3, 0.4) is 0 Å². The molecule has 0 saturated heterocycles. The van der Waals surface area contributed by atoms with Gasteiger partial charge in [-0.15, -0.1) is 0 Å². The minimum absolute atomic E-state index is 0.0259. The number of para-hydroxylation sites is 1. The van der Waals surface area contributed by atoms with Crippen LogP contribution in [0.2, 0.25) is 0 Å². The Hall–Kier alpha value is -1.11. The first-order valence-electron chi connectivity index (χ1n) is 6.04. The third kappa shape index (κ3) is 2.82. The van der Waals surface area contributed by atoms with Gasteiger partial charge in [-0.1, -0.05) is 19.1 Å². The summed E-state index contributed by atoms with van der Waals surface area (Å²) in [5.41, 5.74) is 5.68. The van der Waals surface area contributed by atoms with Crippen molar-refractivity contribution in [3.63, 3.8) is 0 Å². The van der Waals surface area contributed by atoms with Crippen LogP contribution in [0.15, 0.2) is 29.2 Å². The maximum absolute atomic E-state index is 12.0. The second-order valence-corrected chi connectivity index (χ2v) is 6.15. The summed E-state index contributed by atoms with van der Waals surface area (Å²) in [6, 6.07) is 6.84. The predicted octanol–water partition coefficient (Wildman–Crippen LogP) is 0.853. The van der Waals surface area contributed by atoms with Gasteiger partial charge >= 0.3 is 0 Å². The number of nitrogens with one attached hydrogen (secondary N) is 1. The Balaban J connectivity index is 2.20. The molecule has 0 unspecified atom stereocenters. The molecule has 5 nitrogen and oxygen atoms in total. The molecule has 3 N–H and O–H groups in total. The molecule has 0 amide bonds. The van der Waals surface area contributed by atoms with Gasteiger partial charge in [0.05, 0.1) is 0 Å². The van der Waals surface area contributed by atoms with E-state index < -0.39 is 10.0 Å². The molecule has 100 valence electrons. The Labute approximate surface area is 107 Å². The highest BCUT2D eigenvalue weighted by Gasteiger charge is 2.29. The molecule has 0 spiro atoms. The average Bonchev–Trinajstić information content (AvgIpc) is 2.27. The van der Waals surface area contributed by atoms with E-state index in [1.165, 1.54) is 0 Å². The molecule has 0 heterocycles. The van der Waals surface area contributed by atoms with Gasteiger partial charge in [0.2, 0.25) is 10.0 Å². The summed E-state index contributed by atoms with van der Waals surface area (Å²) < 4.78 is 32.1. The van der Waals surface area contributed by atoms with E-state index >= 15 is 0 Å². The molecule has 1 aliphatic carbocycles. The second-order valence-electron chi connectivity index (χ2n) is 4.42. The number of benzene rings is 1. The fourth-order valence-electron chi connectivity index (χ4n) is 1.92. The fraction of sp³-hybridized carbons (Fsp3) is 0.500. The molecule has 1 saturated carbocycles. The minimum atomic E-state index is -3.49. The first kappa shape index (κ1) is 13.3. The number of sulfonamides is 1. The lowest BCUT2D eigenvalue weighted by molar-refractivity contribution is 0.0976. The van der Waals surface area contributed by atoms with Gasteiger partial charge in [-0.2, -0.15) is 0 Å². The number of rotatable bonds is 5. The summed E-state index contributed by atoms with van der Waals surface area (Å²) in [6.07, 6.45) is 1.57. The quantitative estimate of drug-likeness (QED) is 0.831. The molecule has 0 aromatic heterocycles. The van der Waals surface area contributed by atoms with Crippen LogP contribution in [0.25, 0.3) is 0 Å². The molecule has 1 aliphatic rings. The highest BCUT2D eigenvalue weighted by atomic mass is 32.2. The lowest BCUT2D eigenvalue weighted by atomic mass is 9.90. The van der Waals surface area contributed by atoms with E-state index in [1.54, 1.807) is 31.2 Å². The summed E-state index contributed by atoms with van der Waals surface area (Å²) >= 11 is 0. The zero-order chi connectivity index (χ0) is 13.2. The maximum Gasteiger partial charge on any atom is 0.244 e. The van der Waals surface area contributed by atoms with Crippen LogP contribution in [0.4, 0.5) is 0 Å². The van der Waals surface area contributed by atoms with Crippen molar-refractivity contribution in [2.24, 2.45) is 5.73 Å². The Kier molecular flexibility index (Phi) is 3.89. The van der Waals surface area contributed by atoms with Crippen molar-refractivity contribution in [1.29, 1.82) is 0 Å². The van der Waals surface area contributed by atoms with Crippen molar-refractivity contribution in [1.82, 2.24) is 4.72 Å². The van der Waals surface area contributed by atoms with Crippen LogP contribution in [-0.4, -0.2) is 27.1 Å². The molecular formula is C12H18N2O3S. The van der Waals surface area contributed by atoms with Crippen LogP contribution in [0.5, 0.6) is 5.75 Å². The number of ether oxygens (including phenoxy) is 1. The van der Waals surface area contributed by atoms with Crippen molar-refractivity contribution < 1.29 is 13.2 Å². The lowest BCUT2D eigenvalue weighted by Crippen LogP contribution is -2.43. The minimum Gasteiger partial charge on any atom is -0.489 e. The zero-order valence-corrected chi connectivity index (χ0v) is 11.1. The fourth-order valence-corrected chi connectivity index (χ4v) is 3.09. The van der Waals surface area contributed by atoms with Crippen molar-refractivity contribution >= 4 is 10.0 Å². The third-order valence-corrected chi connectivity index (χ3v) is 4.48. The average molecular weight is 270 g/mol. The number of hydrogen-bond acceptors (Lipinski definition) is 4. The van der Waals surface area contributed by atoms with E-state index in [1.807, 2.05) is 0 Å². The van der Waals surface area contributed by atoms with Gasteiger partial charge in [0.1, 0.15) is 16.7 Å². The Morgan fingerprint density at radius 2 is 2.06 bits per heavy atom. The molecule has 2 rings (SSSR count). The lowest BCUT2D eigenvalue weighted by Gasteiger charge is -2.33. The Morgan fingerprint density at radius 3 is 2.67 bits per heavy atom. The highest BCUT2D eigenvalue weighted by molar-refractivity contribution is 7.89. The predicted molar refractivity (Wildman–Crippen MR) is 68.9 cm³/mol. The van der Waals surface area contributed by atoms with Crippen molar-refractivity contribution in [2.45, 2.75) is 36.8 Å². The van der Waals surface area contributed by atoms with Crippen molar-refractivity contribution in [2.75, 3.05) is 6.54 Å². The molecule has 0 bridgehead atoms. The summed E-state index contributed by atoms with van der Waals surface area (Å²) in [7, 11) is -3.49. The molecule has 1 aromatic rings. The summed E-state index contributed by atoms with van der Waals surface area (Å²) in [5.74, 6) is 0.398. The summed E-state index contributed by atoms with van der Waals surface area (Å²) in [5, 5.41) is 0. The van der Waals surface area contributed by atoms with Crippen molar-refractivity contribution in [3.05, 3.63) is 24.3 Å². The van der Waals surface area contributed by atoms with Crippen LogP contribution < -0.4 is 15.2 Å².